The number of halogens is 1. The number of pyridine rings is 1. The van der Waals surface area contributed by atoms with Gasteiger partial charge in [0.25, 0.3) is 0 Å². The summed E-state index contributed by atoms with van der Waals surface area (Å²) in [5.74, 6) is -0.890. The van der Waals surface area contributed by atoms with E-state index in [2.05, 4.69) is 26.2 Å². The molecule has 0 atom stereocenters. The summed E-state index contributed by atoms with van der Waals surface area (Å²) >= 11 is 3.01. The number of ether oxygens (including phenoxy) is 1. The van der Waals surface area contributed by atoms with Crippen molar-refractivity contribution in [2.24, 2.45) is 0 Å². The van der Waals surface area contributed by atoms with E-state index in [0.717, 1.165) is 0 Å². The Hall–Kier alpha value is -1.63. The van der Waals surface area contributed by atoms with E-state index in [1.54, 1.807) is 20.8 Å². The van der Waals surface area contributed by atoms with E-state index in [1.807, 2.05) is 0 Å². The van der Waals surface area contributed by atoms with Gasteiger partial charge < -0.3 is 9.84 Å². The molecule has 0 unspecified atom stereocenters. The SMILES string of the molecule is CC(C)(C)OC(=O)Nc1ccc(C(=O)O)c(Br)n1. The molecule has 6 nitrogen and oxygen atoms in total. The molecule has 0 fully saturated rings. The highest BCUT2D eigenvalue weighted by molar-refractivity contribution is 9.10. The lowest BCUT2D eigenvalue weighted by Gasteiger charge is -2.19. The molecule has 0 aliphatic rings. The molecule has 2 N–H and O–H groups in total. The maximum Gasteiger partial charge on any atom is 0.413 e. The fourth-order valence-corrected chi connectivity index (χ4v) is 1.56. The van der Waals surface area contributed by atoms with Crippen LogP contribution < -0.4 is 5.32 Å². The number of carbonyl (C=O) groups is 2. The lowest BCUT2D eigenvalue weighted by atomic mass is 10.2. The third kappa shape index (κ3) is 4.33. The average molecular weight is 317 g/mol. The van der Waals surface area contributed by atoms with Gasteiger partial charge in [0.15, 0.2) is 0 Å². The molecule has 18 heavy (non-hydrogen) atoms. The van der Waals surface area contributed by atoms with Crippen LogP contribution in [0.1, 0.15) is 31.1 Å². The predicted octanol–water partition coefficient (Wildman–Crippen LogP) is 2.89. The Bertz CT molecular complexity index is 482. The van der Waals surface area contributed by atoms with Crippen molar-refractivity contribution in [2.45, 2.75) is 26.4 Å². The fraction of sp³-hybridized carbons (Fsp3) is 0.364. The van der Waals surface area contributed by atoms with Crippen LogP contribution in [-0.2, 0) is 4.74 Å². The smallest absolute Gasteiger partial charge is 0.413 e. The first kappa shape index (κ1) is 14.4. The third-order valence-corrected chi connectivity index (χ3v) is 2.31. The second-order valence-corrected chi connectivity index (χ2v) is 5.22. The largest absolute Gasteiger partial charge is 0.478 e. The Morgan fingerprint density at radius 3 is 2.44 bits per heavy atom. The maximum absolute atomic E-state index is 11.5. The highest BCUT2D eigenvalue weighted by Gasteiger charge is 2.17. The van der Waals surface area contributed by atoms with Crippen LogP contribution in [0, 0.1) is 0 Å². The van der Waals surface area contributed by atoms with Crippen molar-refractivity contribution in [1.29, 1.82) is 0 Å². The zero-order valence-corrected chi connectivity index (χ0v) is 11.7. The molecule has 0 spiro atoms. The van der Waals surface area contributed by atoms with Crippen molar-refractivity contribution in [2.75, 3.05) is 5.32 Å². The lowest BCUT2D eigenvalue weighted by molar-refractivity contribution is 0.0634. The van der Waals surface area contributed by atoms with Gasteiger partial charge in [-0.05, 0) is 48.8 Å². The van der Waals surface area contributed by atoms with Gasteiger partial charge in [-0.2, -0.15) is 0 Å². The van der Waals surface area contributed by atoms with Gasteiger partial charge in [-0.3, -0.25) is 5.32 Å². The molecule has 0 radical (unpaired) electrons. The van der Waals surface area contributed by atoms with Gasteiger partial charge in [0.2, 0.25) is 0 Å². The molecule has 0 aromatic carbocycles. The van der Waals surface area contributed by atoms with Crippen LogP contribution in [-0.4, -0.2) is 27.8 Å². The first-order valence-corrected chi connectivity index (χ1v) is 5.88. The van der Waals surface area contributed by atoms with Crippen LogP contribution in [0.4, 0.5) is 10.6 Å². The average Bonchev–Trinajstić information content (AvgIpc) is 2.13. The molecule has 98 valence electrons. The lowest BCUT2D eigenvalue weighted by Crippen LogP contribution is -2.27. The first-order valence-electron chi connectivity index (χ1n) is 5.09. The summed E-state index contributed by atoms with van der Waals surface area (Å²) in [5, 5.41) is 11.2. The predicted molar refractivity (Wildman–Crippen MR) is 68.8 cm³/mol. The molecule has 1 amide bonds. The van der Waals surface area contributed by atoms with Gasteiger partial charge in [0.1, 0.15) is 16.0 Å². The number of amides is 1. The molecular weight excluding hydrogens is 304 g/mol. The van der Waals surface area contributed by atoms with Crippen molar-refractivity contribution < 1.29 is 19.4 Å². The van der Waals surface area contributed by atoms with Gasteiger partial charge in [0.05, 0.1) is 5.56 Å². The number of anilines is 1. The number of nitrogens with one attached hydrogen (secondary N) is 1. The van der Waals surface area contributed by atoms with Crippen molar-refractivity contribution in [3.63, 3.8) is 0 Å². The third-order valence-electron chi connectivity index (χ3n) is 1.71. The van der Waals surface area contributed by atoms with E-state index in [4.69, 9.17) is 9.84 Å². The minimum Gasteiger partial charge on any atom is -0.478 e. The van der Waals surface area contributed by atoms with E-state index in [-0.39, 0.29) is 16.0 Å². The van der Waals surface area contributed by atoms with Gasteiger partial charge in [0, 0.05) is 0 Å². The van der Waals surface area contributed by atoms with E-state index >= 15 is 0 Å². The Labute approximate surface area is 112 Å². The van der Waals surface area contributed by atoms with Gasteiger partial charge in [-0.1, -0.05) is 0 Å². The van der Waals surface area contributed by atoms with Crippen LogP contribution >= 0.6 is 15.9 Å². The molecular formula is C11H13BrN2O4. The normalized spacial score (nSPS) is 10.9. The summed E-state index contributed by atoms with van der Waals surface area (Å²) in [7, 11) is 0. The van der Waals surface area contributed by atoms with Crippen molar-refractivity contribution in [1.82, 2.24) is 4.98 Å². The number of hydrogen-bond donors (Lipinski definition) is 2. The van der Waals surface area contributed by atoms with Gasteiger partial charge in [-0.15, -0.1) is 0 Å². The molecule has 0 saturated heterocycles. The Balaban J connectivity index is 2.78. The molecule has 0 aliphatic carbocycles. The summed E-state index contributed by atoms with van der Waals surface area (Å²) in [6, 6.07) is 2.73. The molecule has 1 aromatic rings. The highest BCUT2D eigenvalue weighted by Crippen LogP contribution is 2.18. The summed E-state index contributed by atoms with van der Waals surface area (Å²) in [6.45, 7) is 5.22. The van der Waals surface area contributed by atoms with Gasteiger partial charge >= 0.3 is 12.1 Å². The summed E-state index contributed by atoms with van der Waals surface area (Å²) in [5.41, 5.74) is -0.591. The first-order chi connectivity index (χ1) is 8.19. The number of hydrogen-bond acceptors (Lipinski definition) is 4. The Kier molecular flexibility index (Phi) is 4.28. The zero-order valence-electron chi connectivity index (χ0n) is 10.2. The van der Waals surface area contributed by atoms with Crippen LogP contribution in [0.15, 0.2) is 16.7 Å². The molecule has 1 heterocycles. The van der Waals surface area contributed by atoms with E-state index in [1.165, 1.54) is 12.1 Å². The van der Waals surface area contributed by atoms with Gasteiger partial charge in [-0.25, -0.2) is 14.6 Å². The highest BCUT2D eigenvalue weighted by atomic mass is 79.9. The molecule has 1 aromatic heterocycles. The number of carboxylic acids is 1. The van der Waals surface area contributed by atoms with E-state index in [0.29, 0.717) is 0 Å². The molecule has 0 saturated carbocycles. The summed E-state index contributed by atoms with van der Waals surface area (Å²) in [6.07, 6.45) is -0.648. The van der Waals surface area contributed by atoms with Crippen LogP contribution in [0.5, 0.6) is 0 Å². The molecule has 0 bridgehead atoms. The number of carboxylic acid groups (broad SMARTS) is 1. The minimum atomic E-state index is -1.10. The second-order valence-electron chi connectivity index (χ2n) is 4.47. The fourth-order valence-electron chi connectivity index (χ4n) is 1.07. The minimum absolute atomic E-state index is 0.0183. The van der Waals surface area contributed by atoms with Crippen molar-refractivity contribution in [3.05, 3.63) is 22.3 Å². The standard InChI is InChI=1S/C11H13BrN2O4/c1-11(2,3)18-10(17)14-7-5-4-6(9(15)16)8(12)13-7/h4-5H,1-3H3,(H,15,16)(H,13,14,17). The molecule has 1 rings (SSSR count). The molecule has 7 heteroatoms. The Morgan fingerprint density at radius 2 is 2.00 bits per heavy atom. The monoisotopic (exact) mass is 316 g/mol. The number of aromatic carboxylic acids is 1. The maximum atomic E-state index is 11.5. The quantitative estimate of drug-likeness (QED) is 0.819. The Morgan fingerprint density at radius 1 is 1.39 bits per heavy atom. The number of carbonyl (C=O) groups excluding carboxylic acids is 1. The number of rotatable bonds is 2. The topological polar surface area (TPSA) is 88.5 Å². The number of nitrogens with zero attached hydrogens (tertiary/aromatic N) is 1. The van der Waals surface area contributed by atoms with E-state index < -0.39 is 17.7 Å². The van der Waals surface area contributed by atoms with Crippen LogP contribution in [0.25, 0.3) is 0 Å². The van der Waals surface area contributed by atoms with E-state index in [9.17, 15) is 9.59 Å². The second kappa shape index (κ2) is 5.34. The number of aromatic nitrogens is 1. The summed E-state index contributed by atoms with van der Waals surface area (Å²) in [4.78, 5) is 26.1. The zero-order chi connectivity index (χ0) is 13.9. The van der Waals surface area contributed by atoms with Crippen molar-refractivity contribution >= 4 is 33.8 Å². The summed E-state index contributed by atoms with van der Waals surface area (Å²) < 4.78 is 5.18. The molecule has 0 aliphatic heterocycles. The van der Waals surface area contributed by atoms with Crippen LogP contribution in [0.2, 0.25) is 0 Å². The van der Waals surface area contributed by atoms with Crippen molar-refractivity contribution in [3.8, 4) is 0 Å². The van der Waals surface area contributed by atoms with Crippen LogP contribution in [0.3, 0.4) is 0 Å².